The van der Waals surface area contributed by atoms with Crippen LogP contribution in [-0.4, -0.2) is 23.4 Å². The van der Waals surface area contributed by atoms with Gasteiger partial charge in [-0.1, -0.05) is 19.9 Å². The molecule has 5 N–H and O–H groups in total. The molecule has 4 heteroatoms. The Kier molecular flexibility index (Phi) is 6.28. The molecule has 0 amide bonds. The Morgan fingerprint density at radius 1 is 1.06 bits per heavy atom. The van der Waals surface area contributed by atoms with E-state index in [4.69, 9.17) is 16.2 Å². The van der Waals surface area contributed by atoms with E-state index in [0.29, 0.717) is 23.3 Å². The summed E-state index contributed by atoms with van der Waals surface area (Å²) in [6.45, 7) is 9.41. The normalized spacial score (nSPS) is 46.6. The van der Waals surface area contributed by atoms with E-state index in [2.05, 4.69) is 51.4 Å². The SMILES string of the molecule is CC(C)CC1CCC2(C1)CC(CC1=CNC(N)C=C1)CC(C13CCC(C(N)C1)C(C)(C)O3)C2. The van der Waals surface area contributed by atoms with Crippen molar-refractivity contribution >= 4 is 0 Å². The molecule has 6 rings (SSSR count). The Balaban J connectivity index is 1.39. The van der Waals surface area contributed by atoms with Gasteiger partial charge in [-0.3, -0.25) is 0 Å². The molecule has 1 spiro atoms. The lowest BCUT2D eigenvalue weighted by Crippen LogP contribution is -2.66. The lowest BCUT2D eigenvalue weighted by molar-refractivity contribution is -0.273. The van der Waals surface area contributed by atoms with Crippen LogP contribution in [0.4, 0.5) is 0 Å². The molecule has 0 aromatic heterocycles. The van der Waals surface area contributed by atoms with Crippen molar-refractivity contribution in [3.05, 3.63) is 23.9 Å². The van der Waals surface area contributed by atoms with Gasteiger partial charge in [0.15, 0.2) is 0 Å². The highest BCUT2D eigenvalue weighted by Crippen LogP contribution is 2.62. The van der Waals surface area contributed by atoms with Crippen LogP contribution in [0.2, 0.25) is 0 Å². The standard InChI is InChI=1S/C29H49N3O/c1-19(2)11-20-7-9-28(14-20)15-22(12-21-5-6-26(31)32-18-21)13-23(16-28)29-10-8-24(25(30)17-29)27(3,4)33-29/h5-6,18-20,22-26,32H,7-17,30-31H2,1-4H3. The quantitative estimate of drug-likeness (QED) is 0.502. The topological polar surface area (TPSA) is 73.3 Å². The average Bonchev–Trinajstić information content (AvgIpc) is 3.09. The Morgan fingerprint density at radius 3 is 2.52 bits per heavy atom. The third kappa shape index (κ3) is 4.69. The van der Waals surface area contributed by atoms with Gasteiger partial charge >= 0.3 is 0 Å². The molecule has 2 saturated heterocycles. The van der Waals surface area contributed by atoms with Crippen molar-refractivity contribution in [2.75, 3.05) is 0 Å². The highest BCUT2D eigenvalue weighted by molar-refractivity contribution is 5.24. The molecular weight excluding hydrogens is 406 g/mol. The molecule has 8 unspecified atom stereocenters. The Labute approximate surface area is 202 Å². The van der Waals surface area contributed by atoms with E-state index in [1.54, 1.807) is 0 Å². The number of hydrogen-bond donors (Lipinski definition) is 3. The van der Waals surface area contributed by atoms with Crippen molar-refractivity contribution in [3.63, 3.8) is 0 Å². The van der Waals surface area contributed by atoms with Gasteiger partial charge < -0.3 is 21.5 Å². The third-order valence-corrected chi connectivity index (χ3v) is 10.2. The summed E-state index contributed by atoms with van der Waals surface area (Å²) >= 11 is 0. The molecule has 3 aliphatic heterocycles. The lowest BCUT2D eigenvalue weighted by Gasteiger charge is -2.62. The number of allylic oxidation sites excluding steroid dienone is 2. The van der Waals surface area contributed by atoms with Gasteiger partial charge in [0.25, 0.3) is 0 Å². The zero-order valence-electron chi connectivity index (χ0n) is 21.6. The minimum absolute atomic E-state index is 0.00311. The summed E-state index contributed by atoms with van der Waals surface area (Å²) in [4.78, 5) is 0. The van der Waals surface area contributed by atoms with Gasteiger partial charge in [-0.15, -0.1) is 0 Å². The highest BCUT2D eigenvalue weighted by Gasteiger charge is 2.60. The fourth-order valence-electron chi connectivity index (χ4n) is 9.17. The molecule has 2 bridgehead atoms. The first kappa shape index (κ1) is 23.9. The van der Waals surface area contributed by atoms with Crippen molar-refractivity contribution < 1.29 is 4.74 Å². The van der Waals surface area contributed by atoms with Crippen molar-refractivity contribution in [1.82, 2.24) is 5.32 Å². The molecule has 33 heavy (non-hydrogen) atoms. The second-order valence-electron chi connectivity index (χ2n) is 13.7. The van der Waals surface area contributed by atoms with Gasteiger partial charge in [0.2, 0.25) is 0 Å². The van der Waals surface area contributed by atoms with Gasteiger partial charge in [0.1, 0.15) is 0 Å². The van der Waals surface area contributed by atoms with Crippen molar-refractivity contribution in [2.45, 2.75) is 122 Å². The van der Waals surface area contributed by atoms with E-state index in [9.17, 15) is 0 Å². The molecular formula is C29H49N3O. The molecule has 3 aliphatic carbocycles. The smallest absolute Gasteiger partial charge is 0.0934 e. The molecule has 3 saturated carbocycles. The van der Waals surface area contributed by atoms with Gasteiger partial charge in [-0.25, -0.2) is 0 Å². The summed E-state index contributed by atoms with van der Waals surface area (Å²) < 4.78 is 7.08. The lowest BCUT2D eigenvalue weighted by atomic mass is 9.54. The number of nitrogens with two attached hydrogens (primary N) is 2. The maximum Gasteiger partial charge on any atom is 0.0934 e. The Bertz CT molecular complexity index is 788. The van der Waals surface area contributed by atoms with Crippen LogP contribution in [0.15, 0.2) is 23.9 Å². The number of fused-ring (bicyclic) bond motifs is 3. The third-order valence-electron chi connectivity index (χ3n) is 10.2. The first-order chi connectivity index (χ1) is 15.6. The van der Waals surface area contributed by atoms with Gasteiger partial charge in [-0.05, 0) is 125 Å². The van der Waals surface area contributed by atoms with E-state index in [1.165, 1.54) is 63.4 Å². The van der Waals surface area contributed by atoms with Crippen molar-refractivity contribution in [2.24, 2.45) is 46.5 Å². The predicted octanol–water partition coefficient (Wildman–Crippen LogP) is 5.63. The average molecular weight is 456 g/mol. The largest absolute Gasteiger partial charge is 0.372 e. The predicted molar refractivity (Wildman–Crippen MR) is 136 cm³/mol. The summed E-state index contributed by atoms with van der Waals surface area (Å²) in [6.07, 6.45) is 20.9. The Hall–Kier alpha value is -0.840. The molecule has 8 atom stereocenters. The number of nitrogens with one attached hydrogen (secondary N) is 1. The van der Waals surface area contributed by atoms with Crippen LogP contribution >= 0.6 is 0 Å². The molecule has 186 valence electrons. The van der Waals surface area contributed by atoms with Crippen LogP contribution < -0.4 is 16.8 Å². The highest BCUT2D eigenvalue weighted by atomic mass is 16.5. The number of hydrogen-bond acceptors (Lipinski definition) is 4. The number of ether oxygens (including phenoxy) is 1. The maximum absolute atomic E-state index is 7.08. The van der Waals surface area contributed by atoms with E-state index in [1.807, 2.05) is 0 Å². The van der Waals surface area contributed by atoms with E-state index in [0.717, 1.165) is 30.6 Å². The molecule has 0 aromatic rings. The molecule has 5 fully saturated rings. The minimum atomic E-state index is -0.0828. The van der Waals surface area contributed by atoms with E-state index >= 15 is 0 Å². The fraction of sp³-hybridized carbons (Fsp3) is 0.862. The maximum atomic E-state index is 7.08. The van der Waals surface area contributed by atoms with Crippen molar-refractivity contribution in [1.29, 1.82) is 0 Å². The Morgan fingerprint density at radius 2 is 1.85 bits per heavy atom. The van der Waals surface area contributed by atoms with Crippen molar-refractivity contribution in [3.8, 4) is 0 Å². The number of dihydropyridines is 1. The van der Waals surface area contributed by atoms with Crippen LogP contribution in [0.25, 0.3) is 0 Å². The van der Waals surface area contributed by atoms with Gasteiger partial charge in [0.05, 0.1) is 17.4 Å². The minimum Gasteiger partial charge on any atom is -0.372 e. The second kappa shape index (κ2) is 8.68. The first-order valence-electron chi connectivity index (χ1n) is 13.9. The zero-order chi connectivity index (χ0) is 23.4. The summed E-state index contributed by atoms with van der Waals surface area (Å²) in [5.74, 6) is 3.61. The van der Waals surface area contributed by atoms with Crippen LogP contribution in [0.3, 0.4) is 0 Å². The van der Waals surface area contributed by atoms with Crippen LogP contribution in [-0.2, 0) is 4.74 Å². The molecule has 6 aliphatic rings. The first-order valence-corrected chi connectivity index (χ1v) is 13.9. The molecule has 0 radical (unpaired) electrons. The molecule has 0 aromatic carbocycles. The number of rotatable bonds is 5. The molecule has 4 nitrogen and oxygen atoms in total. The van der Waals surface area contributed by atoms with Crippen LogP contribution in [0.1, 0.15) is 98.3 Å². The van der Waals surface area contributed by atoms with Gasteiger partial charge in [0, 0.05) is 18.2 Å². The monoisotopic (exact) mass is 455 g/mol. The summed E-state index contributed by atoms with van der Waals surface area (Å²) in [6, 6.07) is 0.297. The summed E-state index contributed by atoms with van der Waals surface area (Å²) in [5, 5.41) is 3.32. The summed E-state index contributed by atoms with van der Waals surface area (Å²) in [7, 11) is 0. The van der Waals surface area contributed by atoms with Gasteiger partial charge in [-0.2, -0.15) is 0 Å². The fourth-order valence-corrected chi connectivity index (χ4v) is 9.17. The summed E-state index contributed by atoms with van der Waals surface area (Å²) in [5.41, 5.74) is 14.6. The van der Waals surface area contributed by atoms with Crippen LogP contribution in [0, 0.1) is 35.0 Å². The second-order valence-corrected chi connectivity index (χ2v) is 13.7. The zero-order valence-corrected chi connectivity index (χ0v) is 21.6. The molecule has 3 heterocycles. The van der Waals surface area contributed by atoms with Crippen LogP contribution in [0.5, 0.6) is 0 Å². The van der Waals surface area contributed by atoms with E-state index < -0.39 is 0 Å². The van der Waals surface area contributed by atoms with E-state index in [-0.39, 0.29) is 17.4 Å².